The predicted molar refractivity (Wildman–Crippen MR) is 68.2 cm³/mol. The fourth-order valence-corrected chi connectivity index (χ4v) is 2.57. The van der Waals surface area contributed by atoms with Crippen molar-refractivity contribution in [1.82, 2.24) is 15.8 Å². The standard InChI is InChI=1S/C13H21N3O2/c1-8(12-9(2)16-18-10(12)3)15-13(17)11-6-4-5-7-14-11/h8,11,14H,4-7H2,1-3H3,(H,15,17)/t8?,11-/m0/s1. The highest BCUT2D eigenvalue weighted by Crippen LogP contribution is 2.21. The van der Waals surface area contributed by atoms with E-state index in [9.17, 15) is 4.79 Å². The minimum absolute atomic E-state index is 0.0540. The Morgan fingerprint density at radius 1 is 1.50 bits per heavy atom. The molecule has 0 saturated carbocycles. The lowest BCUT2D eigenvalue weighted by Crippen LogP contribution is -2.47. The highest BCUT2D eigenvalue weighted by atomic mass is 16.5. The second-order valence-corrected chi connectivity index (χ2v) is 4.97. The molecule has 1 aromatic heterocycles. The van der Waals surface area contributed by atoms with Crippen LogP contribution in [0.5, 0.6) is 0 Å². The molecule has 1 aliphatic heterocycles. The number of nitrogens with one attached hydrogen (secondary N) is 2. The van der Waals surface area contributed by atoms with Gasteiger partial charge in [0.05, 0.1) is 17.8 Å². The zero-order valence-electron chi connectivity index (χ0n) is 11.2. The monoisotopic (exact) mass is 251 g/mol. The number of hydrogen-bond acceptors (Lipinski definition) is 4. The van der Waals surface area contributed by atoms with Crippen molar-refractivity contribution in [1.29, 1.82) is 0 Å². The van der Waals surface area contributed by atoms with Gasteiger partial charge in [-0.25, -0.2) is 0 Å². The Balaban J connectivity index is 1.98. The van der Waals surface area contributed by atoms with E-state index in [-0.39, 0.29) is 18.0 Å². The molecule has 1 unspecified atom stereocenters. The average molecular weight is 251 g/mol. The molecule has 2 heterocycles. The van der Waals surface area contributed by atoms with Crippen molar-refractivity contribution < 1.29 is 9.32 Å². The van der Waals surface area contributed by atoms with E-state index < -0.39 is 0 Å². The zero-order valence-corrected chi connectivity index (χ0v) is 11.2. The van der Waals surface area contributed by atoms with Gasteiger partial charge in [-0.3, -0.25) is 4.79 Å². The first-order valence-electron chi connectivity index (χ1n) is 6.56. The second kappa shape index (κ2) is 5.52. The third-order valence-electron chi connectivity index (χ3n) is 3.51. The molecule has 5 heteroatoms. The molecule has 1 amide bonds. The number of rotatable bonds is 3. The van der Waals surface area contributed by atoms with E-state index in [4.69, 9.17) is 4.52 Å². The molecule has 2 atom stereocenters. The Bertz CT molecular complexity index is 402. The number of piperidine rings is 1. The highest BCUT2D eigenvalue weighted by Gasteiger charge is 2.24. The van der Waals surface area contributed by atoms with Crippen molar-refractivity contribution in [3.8, 4) is 0 Å². The molecule has 5 nitrogen and oxygen atoms in total. The normalized spacial score (nSPS) is 21.6. The van der Waals surface area contributed by atoms with E-state index >= 15 is 0 Å². The van der Waals surface area contributed by atoms with Crippen molar-refractivity contribution in [3.63, 3.8) is 0 Å². The first-order valence-corrected chi connectivity index (χ1v) is 6.56. The van der Waals surface area contributed by atoms with Gasteiger partial charge in [0.15, 0.2) is 0 Å². The summed E-state index contributed by atoms with van der Waals surface area (Å²) in [6.45, 7) is 6.66. The molecule has 100 valence electrons. The van der Waals surface area contributed by atoms with Crippen molar-refractivity contribution in [2.24, 2.45) is 0 Å². The molecule has 2 rings (SSSR count). The topological polar surface area (TPSA) is 67.2 Å². The summed E-state index contributed by atoms with van der Waals surface area (Å²) in [5.74, 6) is 0.846. The number of nitrogens with zero attached hydrogens (tertiary/aromatic N) is 1. The fraction of sp³-hybridized carbons (Fsp3) is 0.692. The minimum atomic E-state index is -0.0625. The third kappa shape index (κ3) is 2.72. The van der Waals surface area contributed by atoms with Gasteiger partial charge in [-0.05, 0) is 40.2 Å². The molecule has 0 radical (unpaired) electrons. The fourth-order valence-electron chi connectivity index (χ4n) is 2.57. The first-order chi connectivity index (χ1) is 8.59. The van der Waals surface area contributed by atoms with E-state index in [0.29, 0.717) is 0 Å². The number of hydrogen-bond donors (Lipinski definition) is 2. The SMILES string of the molecule is Cc1noc(C)c1C(C)NC(=O)[C@@H]1CCCCN1. The Morgan fingerprint density at radius 2 is 2.28 bits per heavy atom. The van der Waals surface area contributed by atoms with Crippen LogP contribution in [0, 0.1) is 13.8 Å². The Kier molecular flexibility index (Phi) is 4.01. The van der Waals surface area contributed by atoms with Crippen LogP contribution in [0.1, 0.15) is 49.2 Å². The summed E-state index contributed by atoms with van der Waals surface area (Å²) in [5, 5.41) is 10.2. The summed E-state index contributed by atoms with van der Waals surface area (Å²) in [7, 11) is 0. The van der Waals surface area contributed by atoms with Gasteiger partial charge in [0, 0.05) is 5.56 Å². The predicted octanol–water partition coefficient (Wildman–Crippen LogP) is 1.61. The number of aromatic nitrogens is 1. The van der Waals surface area contributed by atoms with Crippen molar-refractivity contribution >= 4 is 5.91 Å². The van der Waals surface area contributed by atoms with E-state index in [1.165, 1.54) is 0 Å². The second-order valence-electron chi connectivity index (χ2n) is 4.97. The summed E-state index contributed by atoms with van der Waals surface area (Å²) in [5.41, 5.74) is 1.83. The zero-order chi connectivity index (χ0) is 13.1. The van der Waals surface area contributed by atoms with Crippen LogP contribution in [0.3, 0.4) is 0 Å². The van der Waals surface area contributed by atoms with Crippen LogP contribution in [-0.2, 0) is 4.79 Å². The molecule has 0 aromatic carbocycles. The lowest BCUT2D eigenvalue weighted by Gasteiger charge is -2.24. The molecule has 18 heavy (non-hydrogen) atoms. The van der Waals surface area contributed by atoms with Gasteiger partial charge in [0.2, 0.25) is 5.91 Å². The quantitative estimate of drug-likeness (QED) is 0.856. The van der Waals surface area contributed by atoms with E-state index in [1.54, 1.807) is 0 Å². The highest BCUT2D eigenvalue weighted by molar-refractivity contribution is 5.82. The lowest BCUT2D eigenvalue weighted by atomic mass is 10.0. The summed E-state index contributed by atoms with van der Waals surface area (Å²) >= 11 is 0. The Labute approximate surface area is 107 Å². The number of amides is 1. The number of aryl methyl sites for hydroxylation is 2. The van der Waals surface area contributed by atoms with Crippen LogP contribution in [0.15, 0.2) is 4.52 Å². The van der Waals surface area contributed by atoms with Crippen molar-refractivity contribution in [3.05, 3.63) is 17.0 Å². The Morgan fingerprint density at radius 3 is 2.83 bits per heavy atom. The smallest absolute Gasteiger partial charge is 0.237 e. The van der Waals surface area contributed by atoms with Gasteiger partial charge in [-0.2, -0.15) is 0 Å². The molecule has 0 spiro atoms. The van der Waals surface area contributed by atoms with Gasteiger partial charge in [0.1, 0.15) is 5.76 Å². The average Bonchev–Trinajstić information content (AvgIpc) is 2.70. The van der Waals surface area contributed by atoms with Crippen LogP contribution in [0.25, 0.3) is 0 Å². The van der Waals surface area contributed by atoms with Crippen molar-refractivity contribution in [2.45, 2.75) is 52.1 Å². The summed E-state index contributed by atoms with van der Waals surface area (Å²) in [4.78, 5) is 12.1. The van der Waals surface area contributed by atoms with Crippen LogP contribution >= 0.6 is 0 Å². The molecular formula is C13H21N3O2. The Hall–Kier alpha value is -1.36. The van der Waals surface area contributed by atoms with Crippen LogP contribution < -0.4 is 10.6 Å². The summed E-state index contributed by atoms with van der Waals surface area (Å²) in [6, 6.07) is -0.117. The van der Waals surface area contributed by atoms with Gasteiger partial charge in [0.25, 0.3) is 0 Å². The van der Waals surface area contributed by atoms with E-state index in [2.05, 4.69) is 15.8 Å². The molecule has 0 aliphatic carbocycles. The molecule has 2 N–H and O–H groups in total. The van der Waals surface area contributed by atoms with E-state index in [1.807, 2.05) is 20.8 Å². The largest absolute Gasteiger partial charge is 0.361 e. The molecule has 1 fully saturated rings. The van der Waals surface area contributed by atoms with Gasteiger partial charge in [-0.15, -0.1) is 0 Å². The number of carbonyl (C=O) groups excluding carboxylic acids is 1. The van der Waals surface area contributed by atoms with Gasteiger partial charge < -0.3 is 15.2 Å². The van der Waals surface area contributed by atoms with Gasteiger partial charge in [-0.1, -0.05) is 11.6 Å². The third-order valence-corrected chi connectivity index (χ3v) is 3.51. The van der Waals surface area contributed by atoms with Crippen LogP contribution in [-0.4, -0.2) is 23.7 Å². The molecule has 1 aliphatic rings. The lowest BCUT2D eigenvalue weighted by molar-refractivity contribution is -0.124. The molecule has 1 aromatic rings. The minimum Gasteiger partial charge on any atom is -0.361 e. The number of carbonyl (C=O) groups is 1. The van der Waals surface area contributed by atoms with Crippen LogP contribution in [0.4, 0.5) is 0 Å². The van der Waals surface area contributed by atoms with E-state index in [0.717, 1.165) is 42.8 Å². The van der Waals surface area contributed by atoms with Crippen molar-refractivity contribution in [2.75, 3.05) is 6.54 Å². The van der Waals surface area contributed by atoms with Gasteiger partial charge >= 0.3 is 0 Å². The first kappa shape index (κ1) is 13.1. The molecular weight excluding hydrogens is 230 g/mol. The molecule has 0 bridgehead atoms. The maximum atomic E-state index is 12.1. The van der Waals surface area contributed by atoms with Crippen LogP contribution in [0.2, 0.25) is 0 Å². The summed E-state index contributed by atoms with van der Waals surface area (Å²) < 4.78 is 5.13. The maximum absolute atomic E-state index is 12.1. The maximum Gasteiger partial charge on any atom is 0.237 e. The summed E-state index contributed by atoms with van der Waals surface area (Å²) in [6.07, 6.45) is 3.19. The molecule has 1 saturated heterocycles.